The van der Waals surface area contributed by atoms with Crippen LogP contribution in [-0.2, 0) is 4.79 Å². The van der Waals surface area contributed by atoms with Gasteiger partial charge >= 0.3 is 0 Å². The van der Waals surface area contributed by atoms with E-state index in [0.29, 0.717) is 30.5 Å². The van der Waals surface area contributed by atoms with Crippen molar-refractivity contribution in [1.82, 2.24) is 10.2 Å². The number of nitrogens with zero attached hydrogens (tertiary/aromatic N) is 1. The summed E-state index contributed by atoms with van der Waals surface area (Å²) in [6.45, 7) is 7.91. The number of rotatable bonds is 8. The molecule has 0 bridgehead atoms. The number of nitrogens with one attached hydrogen (secondary N) is 1. The molecular weight excluding hydrogens is 336 g/mol. The number of ether oxygens (including phenoxy) is 1. The fourth-order valence-electron chi connectivity index (χ4n) is 2.82. The van der Waals surface area contributed by atoms with Crippen LogP contribution in [0.25, 0.3) is 0 Å². The Morgan fingerprint density at radius 2 is 1.96 bits per heavy atom. The molecule has 0 aliphatic carbocycles. The lowest BCUT2D eigenvalue weighted by atomic mass is 10.0. The molecule has 1 amide bonds. The van der Waals surface area contributed by atoms with Gasteiger partial charge in [-0.25, -0.2) is 0 Å². The fraction of sp³-hybridized carbons (Fsp3) is 0.550. The van der Waals surface area contributed by atoms with Gasteiger partial charge in [-0.15, -0.1) is 0 Å². The Morgan fingerprint density at radius 3 is 2.60 bits per heavy atom. The van der Waals surface area contributed by atoms with Gasteiger partial charge in [0.2, 0.25) is 5.91 Å². The molecule has 1 fully saturated rings. The van der Waals surface area contributed by atoms with Crippen LogP contribution >= 0.6 is 11.6 Å². The molecule has 1 aromatic rings. The minimum Gasteiger partial charge on any atom is -0.494 e. The van der Waals surface area contributed by atoms with E-state index in [4.69, 9.17) is 16.3 Å². The molecular formula is C20H29ClN2O2. The molecule has 25 heavy (non-hydrogen) atoms. The molecule has 2 rings (SSSR count). The third-order valence-electron chi connectivity index (χ3n) is 4.34. The molecule has 0 aromatic heterocycles. The van der Waals surface area contributed by atoms with Crippen molar-refractivity contribution >= 4 is 17.5 Å². The van der Waals surface area contributed by atoms with Gasteiger partial charge in [0.15, 0.2) is 0 Å². The summed E-state index contributed by atoms with van der Waals surface area (Å²) < 4.78 is 5.61. The number of amides is 1. The maximum absolute atomic E-state index is 12.1. The van der Waals surface area contributed by atoms with Crippen LogP contribution in [0.15, 0.2) is 35.9 Å². The molecule has 138 valence electrons. The average molecular weight is 365 g/mol. The zero-order valence-electron chi connectivity index (χ0n) is 15.3. The normalized spacial score (nSPS) is 15.6. The van der Waals surface area contributed by atoms with E-state index in [1.165, 1.54) is 5.57 Å². The fourth-order valence-corrected chi connectivity index (χ4v) is 2.95. The van der Waals surface area contributed by atoms with E-state index in [0.717, 1.165) is 38.2 Å². The van der Waals surface area contributed by atoms with Gasteiger partial charge in [-0.1, -0.05) is 23.3 Å². The molecule has 1 aromatic carbocycles. The summed E-state index contributed by atoms with van der Waals surface area (Å²) in [6.07, 6.45) is 5.55. The number of likely N-dealkylation sites (tertiary alicyclic amines) is 1. The third-order valence-corrected chi connectivity index (χ3v) is 4.59. The van der Waals surface area contributed by atoms with E-state index >= 15 is 0 Å². The number of hydrogen-bond acceptors (Lipinski definition) is 3. The second kappa shape index (κ2) is 10.5. The van der Waals surface area contributed by atoms with E-state index in [2.05, 4.69) is 30.1 Å². The molecule has 1 N–H and O–H groups in total. The van der Waals surface area contributed by atoms with Crippen molar-refractivity contribution in [3.63, 3.8) is 0 Å². The minimum absolute atomic E-state index is 0.127. The first-order valence-electron chi connectivity index (χ1n) is 9.06. The lowest BCUT2D eigenvalue weighted by Crippen LogP contribution is -2.44. The summed E-state index contributed by atoms with van der Waals surface area (Å²) in [4.78, 5) is 14.5. The Bertz CT molecular complexity index is 560. The highest BCUT2D eigenvalue weighted by Gasteiger charge is 2.19. The number of carbonyl (C=O) groups is 1. The Labute approximate surface area is 156 Å². The summed E-state index contributed by atoms with van der Waals surface area (Å²) >= 11 is 5.83. The Balaban J connectivity index is 1.56. The van der Waals surface area contributed by atoms with Crippen LogP contribution in [-0.4, -0.2) is 43.1 Å². The molecule has 0 spiro atoms. The van der Waals surface area contributed by atoms with Gasteiger partial charge in [0.1, 0.15) is 5.75 Å². The quantitative estimate of drug-likeness (QED) is 0.559. The van der Waals surface area contributed by atoms with Gasteiger partial charge in [0.25, 0.3) is 0 Å². The largest absolute Gasteiger partial charge is 0.494 e. The second-order valence-electron chi connectivity index (χ2n) is 6.83. The number of allylic oxidation sites excluding steroid dienone is 1. The predicted molar refractivity (Wildman–Crippen MR) is 103 cm³/mol. The van der Waals surface area contributed by atoms with E-state index in [1.807, 2.05) is 12.1 Å². The van der Waals surface area contributed by atoms with Gasteiger partial charge in [-0.2, -0.15) is 0 Å². The molecule has 5 heteroatoms. The molecule has 0 unspecified atom stereocenters. The SMILES string of the molecule is CC(C)=CCN1CCC(NC(=O)CCCOc2ccc(Cl)cc2)CC1. The van der Waals surface area contributed by atoms with Crippen molar-refractivity contribution < 1.29 is 9.53 Å². The van der Waals surface area contributed by atoms with Gasteiger partial charge in [-0.05, 0) is 57.4 Å². The molecule has 4 nitrogen and oxygen atoms in total. The van der Waals surface area contributed by atoms with Crippen molar-refractivity contribution in [2.75, 3.05) is 26.2 Å². The summed E-state index contributed by atoms with van der Waals surface area (Å²) in [7, 11) is 0. The van der Waals surface area contributed by atoms with Crippen molar-refractivity contribution in [2.45, 2.75) is 45.6 Å². The molecule has 1 heterocycles. The topological polar surface area (TPSA) is 41.6 Å². The van der Waals surface area contributed by atoms with Crippen LogP contribution in [0.5, 0.6) is 5.75 Å². The standard InChI is InChI=1S/C20H29ClN2O2/c1-16(2)9-12-23-13-10-18(11-14-23)22-20(24)4-3-15-25-19-7-5-17(21)6-8-19/h5-9,18H,3-4,10-15H2,1-2H3,(H,22,24). The van der Waals surface area contributed by atoms with Crippen molar-refractivity contribution in [3.8, 4) is 5.75 Å². The first kappa shape index (κ1) is 19.8. The van der Waals surface area contributed by atoms with Crippen LogP contribution in [0.2, 0.25) is 5.02 Å². The van der Waals surface area contributed by atoms with E-state index < -0.39 is 0 Å². The average Bonchev–Trinajstić information content (AvgIpc) is 2.59. The number of carbonyl (C=O) groups excluding carboxylic acids is 1. The van der Waals surface area contributed by atoms with Gasteiger partial charge in [0.05, 0.1) is 6.61 Å². The zero-order chi connectivity index (χ0) is 18.1. The lowest BCUT2D eigenvalue weighted by molar-refractivity contribution is -0.122. The minimum atomic E-state index is 0.127. The molecule has 0 radical (unpaired) electrons. The summed E-state index contributed by atoms with van der Waals surface area (Å²) in [5, 5.41) is 3.85. The smallest absolute Gasteiger partial charge is 0.220 e. The third kappa shape index (κ3) is 7.93. The molecule has 0 atom stereocenters. The van der Waals surface area contributed by atoms with Crippen molar-refractivity contribution in [1.29, 1.82) is 0 Å². The van der Waals surface area contributed by atoms with Crippen LogP contribution in [0, 0.1) is 0 Å². The van der Waals surface area contributed by atoms with Gasteiger partial charge in [-0.3, -0.25) is 9.69 Å². The highest BCUT2D eigenvalue weighted by Crippen LogP contribution is 2.16. The molecule has 1 aliphatic heterocycles. The predicted octanol–water partition coefficient (Wildman–Crippen LogP) is 4.05. The molecule has 1 saturated heterocycles. The first-order chi connectivity index (χ1) is 12.0. The summed E-state index contributed by atoms with van der Waals surface area (Å²) in [5.41, 5.74) is 1.36. The van der Waals surface area contributed by atoms with Crippen LogP contribution in [0.1, 0.15) is 39.5 Å². The Morgan fingerprint density at radius 1 is 1.28 bits per heavy atom. The van der Waals surface area contributed by atoms with Gasteiger partial charge < -0.3 is 10.1 Å². The maximum Gasteiger partial charge on any atom is 0.220 e. The summed E-state index contributed by atoms with van der Waals surface area (Å²) in [5.74, 6) is 0.913. The molecule has 0 saturated carbocycles. The second-order valence-corrected chi connectivity index (χ2v) is 7.27. The van der Waals surface area contributed by atoms with Crippen molar-refractivity contribution in [3.05, 3.63) is 40.9 Å². The highest BCUT2D eigenvalue weighted by molar-refractivity contribution is 6.30. The first-order valence-corrected chi connectivity index (χ1v) is 9.44. The summed E-state index contributed by atoms with van der Waals surface area (Å²) in [6, 6.07) is 7.59. The van der Waals surface area contributed by atoms with Gasteiger partial charge in [0, 0.05) is 37.1 Å². The Hall–Kier alpha value is -1.52. The van der Waals surface area contributed by atoms with E-state index in [9.17, 15) is 4.79 Å². The molecule has 1 aliphatic rings. The monoisotopic (exact) mass is 364 g/mol. The maximum atomic E-state index is 12.1. The number of piperidine rings is 1. The number of hydrogen-bond donors (Lipinski definition) is 1. The zero-order valence-corrected chi connectivity index (χ0v) is 16.0. The van der Waals surface area contributed by atoms with E-state index in [-0.39, 0.29) is 5.91 Å². The Kier molecular flexibility index (Phi) is 8.29. The highest BCUT2D eigenvalue weighted by atomic mass is 35.5. The van der Waals surface area contributed by atoms with Crippen LogP contribution in [0.3, 0.4) is 0 Å². The lowest BCUT2D eigenvalue weighted by Gasteiger charge is -2.31. The van der Waals surface area contributed by atoms with Crippen LogP contribution < -0.4 is 10.1 Å². The van der Waals surface area contributed by atoms with E-state index in [1.54, 1.807) is 12.1 Å². The number of halogens is 1. The van der Waals surface area contributed by atoms with Crippen LogP contribution in [0.4, 0.5) is 0 Å². The number of benzene rings is 1. The van der Waals surface area contributed by atoms with Crippen molar-refractivity contribution in [2.24, 2.45) is 0 Å².